The van der Waals surface area contributed by atoms with Gasteiger partial charge in [-0.15, -0.1) is 0 Å². The van der Waals surface area contributed by atoms with Gasteiger partial charge in [-0.1, -0.05) is 0 Å². The Morgan fingerprint density at radius 2 is 1.85 bits per heavy atom. The topological polar surface area (TPSA) is 126 Å². The quantitative estimate of drug-likeness (QED) is 0.626. The number of carbonyl (C=O) groups excluding carboxylic acids is 1. The maximum absolute atomic E-state index is 13.4. The van der Waals surface area contributed by atoms with Crippen LogP contribution in [-0.2, 0) is 19.6 Å². The van der Waals surface area contributed by atoms with Gasteiger partial charge in [0, 0.05) is 12.6 Å². The van der Waals surface area contributed by atoms with Crippen molar-refractivity contribution in [2.45, 2.75) is 42.9 Å². The van der Waals surface area contributed by atoms with Crippen molar-refractivity contribution in [3.05, 3.63) is 48.4 Å². The highest BCUT2D eigenvalue weighted by Gasteiger charge is 2.55. The molecule has 4 rings (SSSR count). The first-order chi connectivity index (χ1) is 15.7. The summed E-state index contributed by atoms with van der Waals surface area (Å²) in [5, 5.41) is 9.27. The molecular formula is C21H22FN3O7S. The molecule has 1 aromatic heterocycles. The Balaban J connectivity index is 1.61. The number of hydrogen-bond acceptors (Lipinski definition) is 7. The minimum atomic E-state index is -4.25. The average molecular weight is 479 g/mol. The molecule has 10 nitrogen and oxygen atoms in total. The van der Waals surface area contributed by atoms with E-state index in [2.05, 4.69) is 4.98 Å². The third-order valence-corrected chi connectivity index (χ3v) is 7.46. The molecule has 1 aromatic carbocycles. The van der Waals surface area contributed by atoms with Crippen LogP contribution in [-0.4, -0.2) is 71.1 Å². The van der Waals surface area contributed by atoms with E-state index in [4.69, 9.17) is 9.47 Å². The third kappa shape index (κ3) is 4.35. The van der Waals surface area contributed by atoms with Crippen LogP contribution in [0.3, 0.4) is 0 Å². The van der Waals surface area contributed by atoms with E-state index in [0.29, 0.717) is 18.6 Å². The summed E-state index contributed by atoms with van der Waals surface area (Å²) in [7, 11) is -4.25. The first-order valence-corrected chi connectivity index (χ1v) is 11.8. The van der Waals surface area contributed by atoms with Crippen LogP contribution >= 0.6 is 0 Å². The molecule has 1 amide bonds. The highest BCUT2D eigenvalue weighted by Crippen LogP contribution is 2.37. The number of benzene rings is 1. The average Bonchev–Trinajstić information content (AvgIpc) is 3.09. The second-order valence-electron chi connectivity index (χ2n) is 7.65. The number of pyridine rings is 1. The Bertz CT molecular complexity index is 1140. The number of rotatable bonds is 6. The maximum atomic E-state index is 13.4. The van der Waals surface area contributed by atoms with E-state index in [1.54, 1.807) is 6.92 Å². The van der Waals surface area contributed by atoms with E-state index >= 15 is 0 Å². The molecule has 12 heteroatoms. The lowest BCUT2D eigenvalue weighted by Crippen LogP contribution is -2.64. The van der Waals surface area contributed by atoms with Crippen molar-refractivity contribution in [2.24, 2.45) is 0 Å². The number of fused-ring (bicyclic) bond motifs is 2. The molecule has 2 aliphatic heterocycles. The zero-order chi connectivity index (χ0) is 23.8. The molecule has 0 spiro atoms. The minimum absolute atomic E-state index is 0.0279. The van der Waals surface area contributed by atoms with Gasteiger partial charge in [0.1, 0.15) is 23.4 Å². The van der Waals surface area contributed by atoms with Gasteiger partial charge >= 0.3 is 12.1 Å². The van der Waals surface area contributed by atoms with Crippen LogP contribution in [0.4, 0.5) is 9.18 Å². The number of nitrogens with zero attached hydrogens (tertiary/aromatic N) is 3. The molecule has 33 heavy (non-hydrogen) atoms. The number of carboxylic acid groups (broad SMARTS) is 1. The smallest absolute Gasteiger partial charge is 0.407 e. The predicted molar refractivity (Wildman–Crippen MR) is 112 cm³/mol. The van der Waals surface area contributed by atoms with E-state index in [1.165, 1.54) is 42.6 Å². The molecule has 0 radical (unpaired) electrons. The standard InChI is InChI=1S/C21H22FN3O7S/c1-2-31-20(26)19-17-9-5-14(25(17)21(27)28)12-24(19)33(29,30)18-10-8-16(11-23-18)32-15-6-3-13(22)4-7-15/h3-4,6-8,10-11,14,17,19H,2,5,9,12H2,1H3,(H,27,28)/t14-,17+,19+/m1/s1. The normalized spacial score (nSPS) is 22.7. The Labute approximate surface area is 189 Å². The molecule has 2 saturated heterocycles. The second kappa shape index (κ2) is 8.94. The van der Waals surface area contributed by atoms with Gasteiger partial charge in [0.05, 0.1) is 18.8 Å². The Morgan fingerprint density at radius 3 is 2.45 bits per heavy atom. The zero-order valence-electron chi connectivity index (χ0n) is 17.6. The minimum Gasteiger partial charge on any atom is -0.465 e. The van der Waals surface area contributed by atoms with Crippen LogP contribution in [0.1, 0.15) is 19.8 Å². The van der Waals surface area contributed by atoms with Crippen molar-refractivity contribution in [1.29, 1.82) is 0 Å². The summed E-state index contributed by atoms with van der Waals surface area (Å²) in [5.41, 5.74) is 0. The number of piperazine rings is 1. The van der Waals surface area contributed by atoms with Crippen molar-refractivity contribution >= 4 is 22.1 Å². The zero-order valence-corrected chi connectivity index (χ0v) is 18.4. The Morgan fingerprint density at radius 1 is 1.15 bits per heavy atom. The van der Waals surface area contributed by atoms with Crippen LogP contribution in [0.15, 0.2) is 47.6 Å². The van der Waals surface area contributed by atoms with Gasteiger partial charge < -0.3 is 14.6 Å². The number of esters is 1. The molecule has 0 saturated carbocycles. The van der Waals surface area contributed by atoms with Crippen LogP contribution in [0, 0.1) is 5.82 Å². The molecule has 2 bridgehead atoms. The van der Waals surface area contributed by atoms with E-state index in [1.807, 2.05) is 0 Å². The molecule has 3 atom stereocenters. The number of ether oxygens (including phenoxy) is 2. The molecule has 3 heterocycles. The first kappa shape index (κ1) is 22.9. The highest BCUT2D eigenvalue weighted by atomic mass is 32.2. The molecule has 0 aliphatic carbocycles. The van der Waals surface area contributed by atoms with Crippen molar-refractivity contribution in [2.75, 3.05) is 13.2 Å². The molecule has 2 aliphatic rings. The lowest BCUT2D eigenvalue weighted by Gasteiger charge is -2.43. The van der Waals surface area contributed by atoms with E-state index < -0.39 is 46.0 Å². The fraction of sp³-hybridized carbons (Fsp3) is 0.381. The fourth-order valence-electron chi connectivity index (χ4n) is 4.30. The highest BCUT2D eigenvalue weighted by molar-refractivity contribution is 7.89. The molecule has 2 fully saturated rings. The summed E-state index contributed by atoms with van der Waals surface area (Å²) in [6.45, 7) is 1.44. The van der Waals surface area contributed by atoms with Gasteiger partial charge in [0.15, 0.2) is 5.03 Å². The van der Waals surface area contributed by atoms with Crippen LogP contribution in [0.2, 0.25) is 0 Å². The number of hydrogen-bond donors (Lipinski definition) is 1. The van der Waals surface area contributed by atoms with Crippen LogP contribution < -0.4 is 4.74 Å². The van der Waals surface area contributed by atoms with Crippen molar-refractivity contribution < 1.29 is 37.0 Å². The number of amides is 1. The summed E-state index contributed by atoms with van der Waals surface area (Å²) in [6, 6.07) is 5.21. The van der Waals surface area contributed by atoms with E-state index in [0.717, 1.165) is 9.21 Å². The summed E-state index contributed by atoms with van der Waals surface area (Å²) in [5.74, 6) is -0.639. The third-order valence-electron chi connectivity index (χ3n) is 5.69. The van der Waals surface area contributed by atoms with Gasteiger partial charge in [0.25, 0.3) is 10.0 Å². The number of halogens is 1. The van der Waals surface area contributed by atoms with Gasteiger partial charge in [-0.3, -0.25) is 9.69 Å². The van der Waals surface area contributed by atoms with Crippen molar-refractivity contribution in [3.63, 3.8) is 0 Å². The largest absolute Gasteiger partial charge is 0.465 e. The summed E-state index contributed by atoms with van der Waals surface area (Å²) in [4.78, 5) is 29.6. The van der Waals surface area contributed by atoms with Gasteiger partial charge in [0.2, 0.25) is 0 Å². The monoisotopic (exact) mass is 479 g/mol. The first-order valence-electron chi connectivity index (χ1n) is 10.3. The van der Waals surface area contributed by atoms with Gasteiger partial charge in [-0.2, -0.15) is 4.31 Å². The van der Waals surface area contributed by atoms with E-state index in [-0.39, 0.29) is 23.9 Å². The van der Waals surface area contributed by atoms with Crippen molar-refractivity contribution in [1.82, 2.24) is 14.2 Å². The molecule has 2 aromatic rings. The molecule has 1 N–H and O–H groups in total. The number of sulfonamides is 1. The number of aromatic nitrogens is 1. The summed E-state index contributed by atoms with van der Waals surface area (Å²) < 4.78 is 51.5. The Kier molecular flexibility index (Phi) is 6.21. The summed E-state index contributed by atoms with van der Waals surface area (Å²) >= 11 is 0. The summed E-state index contributed by atoms with van der Waals surface area (Å²) in [6.07, 6.45) is 0.799. The Hall–Kier alpha value is -3.25. The lowest BCUT2D eigenvalue weighted by atomic mass is 10.1. The predicted octanol–water partition coefficient (Wildman–Crippen LogP) is 2.46. The maximum Gasteiger partial charge on any atom is 0.407 e. The van der Waals surface area contributed by atoms with E-state index in [9.17, 15) is 27.5 Å². The van der Waals surface area contributed by atoms with Crippen LogP contribution in [0.25, 0.3) is 0 Å². The molecule has 0 unspecified atom stereocenters. The van der Waals surface area contributed by atoms with Crippen LogP contribution in [0.5, 0.6) is 11.5 Å². The fourth-order valence-corrected chi connectivity index (χ4v) is 5.86. The molecular weight excluding hydrogens is 457 g/mol. The molecule has 176 valence electrons. The second-order valence-corrected chi connectivity index (χ2v) is 9.49. The van der Waals surface area contributed by atoms with Gasteiger partial charge in [-0.05, 0) is 56.2 Å². The van der Waals surface area contributed by atoms with Gasteiger partial charge in [-0.25, -0.2) is 22.6 Å². The number of carbonyl (C=O) groups is 2. The SMILES string of the molecule is CCOC(=O)[C@@H]1[C@@H]2CC[C@H](CN1S(=O)(=O)c1ccc(Oc3ccc(F)cc3)cn1)N2C(=O)O. The van der Waals surface area contributed by atoms with Crippen molar-refractivity contribution in [3.8, 4) is 11.5 Å². The lowest BCUT2D eigenvalue weighted by molar-refractivity contribution is -0.151.